The summed E-state index contributed by atoms with van der Waals surface area (Å²) in [5.41, 5.74) is 3.91. The lowest BCUT2D eigenvalue weighted by Gasteiger charge is -2.21. The van der Waals surface area contributed by atoms with Crippen LogP contribution in [-0.2, 0) is 0 Å². The van der Waals surface area contributed by atoms with E-state index in [2.05, 4.69) is 10.3 Å². The minimum Gasteiger partial charge on any atom is -0.497 e. The summed E-state index contributed by atoms with van der Waals surface area (Å²) in [6.07, 6.45) is -0.823. The zero-order chi connectivity index (χ0) is 19.6. The van der Waals surface area contributed by atoms with Gasteiger partial charge in [-0.1, -0.05) is 23.8 Å². The van der Waals surface area contributed by atoms with Gasteiger partial charge in [-0.25, -0.2) is 0 Å². The van der Waals surface area contributed by atoms with Crippen molar-refractivity contribution in [3.8, 4) is 5.75 Å². The molecule has 2 aromatic carbocycles. The highest BCUT2D eigenvalue weighted by Gasteiger charge is 2.21. The zero-order valence-electron chi connectivity index (χ0n) is 16.0. The first-order valence-electron chi connectivity index (χ1n) is 8.90. The predicted molar refractivity (Wildman–Crippen MR) is 106 cm³/mol. The second-order valence-corrected chi connectivity index (χ2v) is 6.81. The molecule has 0 fully saturated rings. The third-order valence-electron chi connectivity index (χ3n) is 4.63. The molecule has 0 aliphatic rings. The lowest BCUT2D eigenvalue weighted by atomic mass is 10.0. The molecule has 0 spiro atoms. The Balaban J connectivity index is 1.83. The van der Waals surface area contributed by atoms with Crippen molar-refractivity contribution in [2.75, 3.05) is 7.11 Å². The SMILES string of the molecule is COc1ccc([C@@H](O)[C@H](C)NC(=O)c2cc(C)nc3ccc(C)cc23)cc1. The maximum Gasteiger partial charge on any atom is 0.252 e. The number of carbonyl (C=O) groups is 1. The van der Waals surface area contributed by atoms with Gasteiger partial charge in [0.25, 0.3) is 5.91 Å². The van der Waals surface area contributed by atoms with Crippen molar-refractivity contribution in [2.45, 2.75) is 32.9 Å². The quantitative estimate of drug-likeness (QED) is 0.724. The van der Waals surface area contributed by atoms with Crippen molar-refractivity contribution < 1.29 is 14.6 Å². The minimum absolute atomic E-state index is 0.226. The fourth-order valence-electron chi connectivity index (χ4n) is 3.11. The van der Waals surface area contributed by atoms with E-state index in [0.29, 0.717) is 5.56 Å². The maximum atomic E-state index is 12.9. The van der Waals surface area contributed by atoms with Gasteiger partial charge in [0.1, 0.15) is 5.75 Å². The van der Waals surface area contributed by atoms with Crippen LogP contribution in [0.5, 0.6) is 5.75 Å². The number of aromatic nitrogens is 1. The highest BCUT2D eigenvalue weighted by atomic mass is 16.5. The Kier molecular flexibility index (Phi) is 5.42. The molecule has 5 nitrogen and oxygen atoms in total. The molecule has 27 heavy (non-hydrogen) atoms. The van der Waals surface area contributed by atoms with E-state index >= 15 is 0 Å². The van der Waals surface area contributed by atoms with E-state index in [9.17, 15) is 9.90 Å². The molecule has 1 aromatic heterocycles. The molecule has 0 radical (unpaired) electrons. The van der Waals surface area contributed by atoms with Gasteiger partial charge in [-0.2, -0.15) is 0 Å². The van der Waals surface area contributed by atoms with Gasteiger partial charge in [0.15, 0.2) is 0 Å². The molecule has 1 heterocycles. The Morgan fingerprint density at radius 1 is 1.11 bits per heavy atom. The molecule has 0 unspecified atom stereocenters. The highest BCUT2D eigenvalue weighted by Crippen LogP contribution is 2.23. The number of methoxy groups -OCH3 is 1. The second-order valence-electron chi connectivity index (χ2n) is 6.81. The second kappa shape index (κ2) is 7.76. The molecule has 0 bridgehead atoms. The smallest absolute Gasteiger partial charge is 0.252 e. The monoisotopic (exact) mass is 364 g/mol. The van der Waals surface area contributed by atoms with Gasteiger partial charge in [0, 0.05) is 11.1 Å². The van der Waals surface area contributed by atoms with E-state index in [1.54, 1.807) is 44.4 Å². The topological polar surface area (TPSA) is 71.5 Å². The summed E-state index contributed by atoms with van der Waals surface area (Å²) < 4.78 is 5.14. The van der Waals surface area contributed by atoms with Crippen LogP contribution in [0.25, 0.3) is 10.9 Å². The van der Waals surface area contributed by atoms with E-state index < -0.39 is 12.1 Å². The first kappa shape index (κ1) is 18.9. The zero-order valence-corrected chi connectivity index (χ0v) is 16.0. The van der Waals surface area contributed by atoms with Crippen LogP contribution in [0.15, 0.2) is 48.5 Å². The number of aryl methyl sites for hydroxylation is 2. The number of hydrogen-bond acceptors (Lipinski definition) is 4. The normalized spacial score (nSPS) is 13.2. The number of aliphatic hydroxyl groups is 1. The molecule has 1 amide bonds. The molecular formula is C22H24N2O3. The van der Waals surface area contributed by atoms with Crippen molar-refractivity contribution in [1.29, 1.82) is 0 Å². The van der Waals surface area contributed by atoms with Gasteiger partial charge in [0.2, 0.25) is 0 Å². The van der Waals surface area contributed by atoms with Gasteiger partial charge in [-0.05, 0) is 56.7 Å². The standard InChI is InChI=1S/C22H24N2O3/c1-13-5-10-20-18(11-13)19(12-14(2)23-20)22(26)24-15(3)21(25)16-6-8-17(27-4)9-7-16/h5-12,15,21,25H,1-4H3,(H,24,26)/t15-,21-/m0/s1. The van der Waals surface area contributed by atoms with Gasteiger partial charge in [-0.15, -0.1) is 0 Å². The lowest BCUT2D eigenvalue weighted by molar-refractivity contribution is 0.0853. The maximum absolute atomic E-state index is 12.9. The van der Waals surface area contributed by atoms with Crippen LogP contribution < -0.4 is 10.1 Å². The average Bonchev–Trinajstić information content (AvgIpc) is 2.67. The van der Waals surface area contributed by atoms with Crippen molar-refractivity contribution in [3.63, 3.8) is 0 Å². The first-order valence-corrected chi connectivity index (χ1v) is 8.90. The van der Waals surface area contributed by atoms with Crippen LogP contribution in [-0.4, -0.2) is 29.1 Å². The van der Waals surface area contributed by atoms with Crippen molar-refractivity contribution in [1.82, 2.24) is 10.3 Å². The Labute approximate surface area is 159 Å². The minimum atomic E-state index is -0.823. The van der Waals surface area contributed by atoms with Crippen LogP contribution in [0.1, 0.15) is 40.2 Å². The van der Waals surface area contributed by atoms with Gasteiger partial charge < -0.3 is 15.2 Å². The Morgan fingerprint density at radius 3 is 2.48 bits per heavy atom. The number of pyridine rings is 1. The summed E-state index contributed by atoms with van der Waals surface area (Å²) in [7, 11) is 1.59. The molecule has 0 aliphatic heterocycles. The number of nitrogens with zero attached hydrogens (tertiary/aromatic N) is 1. The third kappa shape index (κ3) is 4.09. The molecule has 3 rings (SSSR count). The number of benzene rings is 2. The third-order valence-corrected chi connectivity index (χ3v) is 4.63. The molecule has 2 N–H and O–H groups in total. The number of fused-ring (bicyclic) bond motifs is 1. The summed E-state index contributed by atoms with van der Waals surface area (Å²) in [5, 5.41) is 14.3. The molecule has 2 atom stereocenters. The van der Waals surface area contributed by atoms with Crippen LogP contribution in [0.2, 0.25) is 0 Å². The van der Waals surface area contributed by atoms with Gasteiger partial charge in [0.05, 0.1) is 30.3 Å². The summed E-state index contributed by atoms with van der Waals surface area (Å²) >= 11 is 0. The Morgan fingerprint density at radius 2 is 1.81 bits per heavy atom. The number of rotatable bonds is 5. The summed E-state index contributed by atoms with van der Waals surface area (Å²) in [6.45, 7) is 5.64. The predicted octanol–water partition coefficient (Wildman–Crippen LogP) is 3.71. The van der Waals surface area contributed by atoms with Crippen LogP contribution >= 0.6 is 0 Å². The molecular weight excluding hydrogens is 340 g/mol. The number of amides is 1. The highest BCUT2D eigenvalue weighted by molar-refractivity contribution is 6.06. The van der Waals surface area contributed by atoms with Crippen molar-refractivity contribution in [2.24, 2.45) is 0 Å². The Bertz CT molecular complexity index is 967. The summed E-state index contributed by atoms with van der Waals surface area (Å²) in [5.74, 6) is 0.493. The molecule has 0 saturated heterocycles. The molecule has 3 aromatic rings. The van der Waals surface area contributed by atoms with Crippen LogP contribution in [0.3, 0.4) is 0 Å². The van der Waals surface area contributed by atoms with E-state index in [0.717, 1.165) is 33.5 Å². The number of carbonyl (C=O) groups excluding carboxylic acids is 1. The number of nitrogens with one attached hydrogen (secondary N) is 1. The van der Waals surface area contributed by atoms with Gasteiger partial charge in [-0.3, -0.25) is 9.78 Å². The molecule has 5 heteroatoms. The van der Waals surface area contributed by atoms with E-state index in [-0.39, 0.29) is 5.91 Å². The van der Waals surface area contributed by atoms with E-state index in [4.69, 9.17) is 4.74 Å². The number of aliphatic hydroxyl groups excluding tert-OH is 1. The molecule has 140 valence electrons. The fraction of sp³-hybridized carbons (Fsp3) is 0.273. The first-order chi connectivity index (χ1) is 12.9. The average molecular weight is 364 g/mol. The summed E-state index contributed by atoms with van der Waals surface area (Å²) in [6, 6.07) is 14.3. The largest absolute Gasteiger partial charge is 0.497 e. The van der Waals surface area contributed by atoms with Crippen molar-refractivity contribution in [3.05, 3.63) is 70.9 Å². The van der Waals surface area contributed by atoms with Crippen LogP contribution in [0, 0.1) is 13.8 Å². The number of hydrogen-bond donors (Lipinski definition) is 2. The molecule has 0 saturated carbocycles. The van der Waals surface area contributed by atoms with Gasteiger partial charge >= 0.3 is 0 Å². The summed E-state index contributed by atoms with van der Waals surface area (Å²) in [4.78, 5) is 17.4. The fourth-order valence-corrected chi connectivity index (χ4v) is 3.11. The molecule has 0 aliphatic carbocycles. The van der Waals surface area contributed by atoms with E-state index in [1.165, 1.54) is 0 Å². The Hall–Kier alpha value is -2.92. The van der Waals surface area contributed by atoms with Crippen LogP contribution in [0.4, 0.5) is 0 Å². The van der Waals surface area contributed by atoms with Crippen molar-refractivity contribution >= 4 is 16.8 Å². The van der Waals surface area contributed by atoms with E-state index in [1.807, 2.05) is 32.0 Å². The number of ether oxygens (including phenoxy) is 1. The lowest BCUT2D eigenvalue weighted by Crippen LogP contribution is -2.37.